The van der Waals surface area contributed by atoms with Gasteiger partial charge in [-0.15, -0.1) is 0 Å². The van der Waals surface area contributed by atoms with Crippen molar-refractivity contribution in [2.45, 2.75) is 37.8 Å². The maximum absolute atomic E-state index is 6.87. The van der Waals surface area contributed by atoms with Gasteiger partial charge in [0.25, 0.3) is 0 Å². The Hall–Kier alpha value is -2.11. The summed E-state index contributed by atoms with van der Waals surface area (Å²) in [5, 5.41) is 1.14. The number of piperidine rings is 1. The smallest absolute Gasteiger partial charge is 0.186 e. The fourth-order valence-corrected chi connectivity index (χ4v) is 5.50. The Balaban J connectivity index is 1.27. The summed E-state index contributed by atoms with van der Waals surface area (Å²) in [6.45, 7) is 4.20. The normalized spacial score (nSPS) is 22.4. The number of nitrogens with zero attached hydrogens (tertiary/aromatic N) is 2. The molecule has 5 heteroatoms. The van der Waals surface area contributed by atoms with Crippen LogP contribution < -0.4 is 15.4 Å². The number of fused-ring (bicyclic) bond motifs is 2. The van der Waals surface area contributed by atoms with Gasteiger partial charge in [-0.1, -0.05) is 41.7 Å². The molecule has 2 atom stereocenters. The van der Waals surface area contributed by atoms with E-state index in [1.54, 1.807) is 11.3 Å². The first-order chi connectivity index (χ1) is 13.1. The topological polar surface area (TPSA) is 51.4 Å². The molecule has 0 radical (unpaired) electrons. The van der Waals surface area contributed by atoms with Gasteiger partial charge in [0.2, 0.25) is 0 Å². The van der Waals surface area contributed by atoms with Crippen LogP contribution in [0.25, 0.3) is 10.2 Å². The number of hydrogen-bond donors (Lipinski definition) is 1. The van der Waals surface area contributed by atoms with E-state index in [0.717, 1.165) is 48.7 Å². The molecule has 2 aliphatic heterocycles. The van der Waals surface area contributed by atoms with Gasteiger partial charge >= 0.3 is 0 Å². The monoisotopic (exact) mass is 379 g/mol. The predicted octanol–water partition coefficient (Wildman–Crippen LogP) is 4.23. The van der Waals surface area contributed by atoms with Crippen molar-refractivity contribution in [1.29, 1.82) is 0 Å². The highest BCUT2D eigenvalue weighted by molar-refractivity contribution is 7.22. The number of hydrogen-bond acceptors (Lipinski definition) is 5. The molecule has 140 valence electrons. The van der Waals surface area contributed by atoms with Crippen LogP contribution in [-0.4, -0.2) is 29.7 Å². The fraction of sp³-hybridized carbons (Fsp3) is 0.409. The lowest BCUT2D eigenvalue weighted by atomic mass is 9.75. The molecule has 1 saturated heterocycles. The van der Waals surface area contributed by atoms with E-state index in [0.29, 0.717) is 5.92 Å². The van der Waals surface area contributed by atoms with E-state index < -0.39 is 0 Å². The Kier molecular flexibility index (Phi) is 4.10. The lowest BCUT2D eigenvalue weighted by Gasteiger charge is -2.43. The van der Waals surface area contributed by atoms with Crippen LogP contribution in [0.15, 0.2) is 48.5 Å². The van der Waals surface area contributed by atoms with Crippen molar-refractivity contribution in [3.05, 3.63) is 54.1 Å². The molecule has 2 N–H and O–H groups in total. The molecule has 27 heavy (non-hydrogen) atoms. The third kappa shape index (κ3) is 2.99. The van der Waals surface area contributed by atoms with Crippen LogP contribution in [0.1, 0.15) is 25.3 Å². The van der Waals surface area contributed by atoms with Gasteiger partial charge in [-0.2, -0.15) is 0 Å². The zero-order chi connectivity index (χ0) is 18.4. The van der Waals surface area contributed by atoms with Crippen molar-refractivity contribution in [3.8, 4) is 5.75 Å². The SMILES string of the molecule is CC(N)(C1CCN(c2nc3ccccc3s2)CC1)C1Cc2ccccc2O1. The highest BCUT2D eigenvalue weighted by atomic mass is 32.1. The molecule has 2 aliphatic rings. The van der Waals surface area contributed by atoms with Crippen LogP contribution in [0.2, 0.25) is 0 Å². The Morgan fingerprint density at radius 1 is 1.11 bits per heavy atom. The van der Waals surface area contributed by atoms with Gasteiger partial charge in [0, 0.05) is 19.5 Å². The van der Waals surface area contributed by atoms with Crippen LogP contribution in [-0.2, 0) is 6.42 Å². The van der Waals surface area contributed by atoms with Crippen molar-refractivity contribution in [2.24, 2.45) is 11.7 Å². The standard InChI is InChI=1S/C22H25N3OS/c1-22(23,20-14-15-6-2-4-8-18(15)26-20)16-10-12-25(13-11-16)21-24-17-7-3-5-9-19(17)27-21/h2-9,16,20H,10-14,23H2,1H3. The molecule has 3 heterocycles. The summed E-state index contributed by atoms with van der Waals surface area (Å²) in [5.41, 5.74) is 8.93. The van der Waals surface area contributed by atoms with E-state index in [2.05, 4.69) is 54.3 Å². The number of rotatable bonds is 3. The van der Waals surface area contributed by atoms with Gasteiger partial charge in [0.1, 0.15) is 11.9 Å². The van der Waals surface area contributed by atoms with E-state index in [1.165, 1.54) is 10.3 Å². The molecular weight excluding hydrogens is 354 g/mol. The highest BCUT2D eigenvalue weighted by Crippen LogP contribution is 2.39. The van der Waals surface area contributed by atoms with E-state index in [-0.39, 0.29) is 11.6 Å². The van der Waals surface area contributed by atoms with Crippen LogP contribution in [0.5, 0.6) is 5.75 Å². The molecule has 1 fully saturated rings. The number of benzene rings is 2. The van der Waals surface area contributed by atoms with Crippen molar-refractivity contribution in [1.82, 2.24) is 4.98 Å². The van der Waals surface area contributed by atoms with Gasteiger partial charge in [-0.25, -0.2) is 4.98 Å². The first kappa shape index (κ1) is 17.0. The molecule has 0 aliphatic carbocycles. The number of nitrogens with two attached hydrogens (primary N) is 1. The molecule has 0 amide bonds. The average molecular weight is 380 g/mol. The van der Waals surface area contributed by atoms with Crippen LogP contribution >= 0.6 is 11.3 Å². The lowest BCUT2D eigenvalue weighted by molar-refractivity contribution is 0.0843. The summed E-state index contributed by atoms with van der Waals surface area (Å²) in [6, 6.07) is 16.7. The van der Waals surface area contributed by atoms with Crippen molar-refractivity contribution >= 4 is 26.7 Å². The van der Waals surface area contributed by atoms with E-state index >= 15 is 0 Å². The number of aromatic nitrogens is 1. The minimum Gasteiger partial charge on any atom is -0.488 e. The second-order valence-corrected chi connectivity index (χ2v) is 9.02. The van der Waals surface area contributed by atoms with Crippen LogP contribution in [0.3, 0.4) is 0 Å². The van der Waals surface area contributed by atoms with Gasteiger partial charge < -0.3 is 15.4 Å². The van der Waals surface area contributed by atoms with Crippen molar-refractivity contribution in [2.75, 3.05) is 18.0 Å². The average Bonchev–Trinajstić information content (AvgIpc) is 3.32. The molecule has 5 rings (SSSR count). The van der Waals surface area contributed by atoms with E-state index in [9.17, 15) is 0 Å². The molecular formula is C22H25N3OS. The summed E-state index contributed by atoms with van der Waals surface area (Å²) in [7, 11) is 0. The number of ether oxygens (including phenoxy) is 1. The summed E-state index contributed by atoms with van der Waals surface area (Å²) in [4.78, 5) is 7.23. The maximum atomic E-state index is 6.87. The third-order valence-electron chi connectivity index (χ3n) is 6.27. The molecule has 3 aromatic rings. The van der Waals surface area contributed by atoms with E-state index in [4.69, 9.17) is 15.5 Å². The number of thiazole rings is 1. The molecule has 0 bridgehead atoms. The van der Waals surface area contributed by atoms with Crippen molar-refractivity contribution < 1.29 is 4.74 Å². The molecule has 0 spiro atoms. The third-order valence-corrected chi connectivity index (χ3v) is 7.37. The summed E-state index contributed by atoms with van der Waals surface area (Å²) in [5.74, 6) is 1.47. The molecule has 4 nitrogen and oxygen atoms in total. The van der Waals surface area contributed by atoms with Crippen molar-refractivity contribution in [3.63, 3.8) is 0 Å². The Morgan fingerprint density at radius 2 is 1.85 bits per heavy atom. The van der Waals surface area contributed by atoms with Gasteiger partial charge in [0.05, 0.1) is 15.8 Å². The minimum atomic E-state index is -0.321. The summed E-state index contributed by atoms with van der Waals surface area (Å²) in [6.07, 6.45) is 3.15. The second-order valence-electron chi connectivity index (χ2n) is 8.01. The Morgan fingerprint density at radius 3 is 2.63 bits per heavy atom. The maximum Gasteiger partial charge on any atom is 0.186 e. The molecule has 0 saturated carbocycles. The van der Waals surface area contributed by atoms with Crippen LogP contribution in [0.4, 0.5) is 5.13 Å². The summed E-state index contributed by atoms with van der Waals surface area (Å²) < 4.78 is 7.49. The Bertz CT molecular complexity index is 901. The predicted molar refractivity (Wildman–Crippen MR) is 112 cm³/mol. The molecule has 2 aromatic carbocycles. The fourth-order valence-electron chi connectivity index (χ4n) is 4.48. The van der Waals surface area contributed by atoms with Gasteiger partial charge in [0.15, 0.2) is 5.13 Å². The summed E-state index contributed by atoms with van der Waals surface area (Å²) >= 11 is 1.79. The van der Waals surface area contributed by atoms with E-state index in [1.807, 2.05) is 6.07 Å². The first-order valence-corrected chi connectivity index (χ1v) is 10.6. The number of para-hydroxylation sites is 2. The lowest BCUT2D eigenvalue weighted by Crippen LogP contribution is -2.58. The van der Waals surface area contributed by atoms with Crippen LogP contribution in [0, 0.1) is 5.92 Å². The van der Waals surface area contributed by atoms with Gasteiger partial charge in [-0.3, -0.25) is 0 Å². The quantitative estimate of drug-likeness (QED) is 0.740. The first-order valence-electron chi connectivity index (χ1n) is 9.75. The minimum absolute atomic E-state index is 0.0638. The Labute approximate surface area is 164 Å². The van der Waals surface area contributed by atoms with Gasteiger partial charge in [-0.05, 0) is 49.4 Å². The zero-order valence-corrected chi connectivity index (χ0v) is 16.4. The molecule has 1 aromatic heterocycles. The highest BCUT2D eigenvalue weighted by Gasteiger charge is 2.43. The largest absolute Gasteiger partial charge is 0.488 e. The second kappa shape index (κ2) is 6.50. The number of anilines is 1. The zero-order valence-electron chi connectivity index (χ0n) is 15.6. The molecule has 2 unspecified atom stereocenters.